The fourth-order valence-corrected chi connectivity index (χ4v) is 3.03. The summed E-state index contributed by atoms with van der Waals surface area (Å²) in [5, 5.41) is 11.8. The number of H-pyrrole nitrogens is 1. The maximum Gasteiger partial charge on any atom is 0.325 e. The molecule has 0 spiro atoms. The minimum Gasteiger partial charge on any atom is -0.326 e. The van der Waals surface area contributed by atoms with E-state index in [9.17, 15) is 18.8 Å². The van der Waals surface area contributed by atoms with Crippen LogP contribution in [0.3, 0.4) is 0 Å². The first-order valence-corrected chi connectivity index (χ1v) is 9.39. The molecule has 2 aromatic rings. The van der Waals surface area contributed by atoms with Gasteiger partial charge in [0, 0.05) is 12.8 Å². The Morgan fingerprint density at radius 2 is 2.14 bits per heavy atom. The van der Waals surface area contributed by atoms with Crippen molar-refractivity contribution in [3.05, 3.63) is 41.5 Å². The smallest absolute Gasteiger partial charge is 0.325 e. The van der Waals surface area contributed by atoms with Crippen LogP contribution < -0.4 is 10.6 Å². The number of nitrogens with one attached hydrogen (secondary N) is 3. The average molecular weight is 402 g/mol. The number of benzene rings is 1. The van der Waals surface area contributed by atoms with Gasteiger partial charge in [0.05, 0.1) is 6.54 Å². The van der Waals surface area contributed by atoms with Crippen LogP contribution in [0.1, 0.15) is 38.1 Å². The zero-order valence-corrected chi connectivity index (χ0v) is 16.2. The van der Waals surface area contributed by atoms with Gasteiger partial charge in [-0.25, -0.2) is 9.18 Å². The molecule has 1 unspecified atom stereocenters. The summed E-state index contributed by atoms with van der Waals surface area (Å²) in [7, 11) is 0. The van der Waals surface area contributed by atoms with Gasteiger partial charge in [-0.3, -0.25) is 24.9 Å². The van der Waals surface area contributed by atoms with E-state index in [1.165, 1.54) is 18.2 Å². The minimum absolute atomic E-state index is 0.0124. The van der Waals surface area contributed by atoms with Crippen LogP contribution in [-0.2, 0) is 22.6 Å². The minimum atomic E-state index is -0.801. The molecule has 1 saturated heterocycles. The van der Waals surface area contributed by atoms with Gasteiger partial charge in [0.15, 0.2) is 0 Å². The first-order valence-electron chi connectivity index (χ1n) is 9.39. The van der Waals surface area contributed by atoms with E-state index in [0.29, 0.717) is 23.7 Å². The monoisotopic (exact) mass is 402 g/mol. The number of carbonyl (C=O) groups excluding carboxylic acids is 3. The van der Waals surface area contributed by atoms with Gasteiger partial charge >= 0.3 is 6.03 Å². The van der Waals surface area contributed by atoms with Crippen LogP contribution in [0.4, 0.5) is 15.1 Å². The zero-order chi connectivity index (χ0) is 21.0. The van der Waals surface area contributed by atoms with E-state index < -0.39 is 23.8 Å². The molecule has 0 radical (unpaired) electrons. The molecule has 10 heteroatoms. The topological polar surface area (TPSA) is 120 Å². The molecule has 2 heterocycles. The molecule has 1 atom stereocenters. The average Bonchev–Trinajstić information content (AvgIpc) is 3.18. The van der Waals surface area contributed by atoms with Gasteiger partial charge in [-0.1, -0.05) is 26.0 Å². The van der Waals surface area contributed by atoms with Crippen molar-refractivity contribution in [1.29, 1.82) is 0 Å². The third kappa shape index (κ3) is 5.37. The van der Waals surface area contributed by atoms with E-state index in [4.69, 9.17) is 0 Å². The molecular weight excluding hydrogens is 379 g/mol. The Kier molecular flexibility index (Phi) is 6.20. The fourth-order valence-electron chi connectivity index (χ4n) is 3.03. The van der Waals surface area contributed by atoms with Gasteiger partial charge < -0.3 is 5.32 Å². The molecule has 0 aliphatic carbocycles. The van der Waals surface area contributed by atoms with Gasteiger partial charge in [0.2, 0.25) is 11.9 Å². The second-order valence-electron chi connectivity index (χ2n) is 7.35. The lowest BCUT2D eigenvalue weighted by molar-refractivity contribution is -0.128. The number of imide groups is 1. The van der Waals surface area contributed by atoms with E-state index in [0.717, 1.165) is 4.90 Å². The molecule has 3 rings (SSSR count). The van der Waals surface area contributed by atoms with Gasteiger partial charge in [0.25, 0.3) is 5.91 Å². The van der Waals surface area contributed by atoms with Crippen LogP contribution in [0.15, 0.2) is 24.3 Å². The normalized spacial score (nSPS) is 16.4. The number of anilines is 1. The second kappa shape index (κ2) is 8.80. The summed E-state index contributed by atoms with van der Waals surface area (Å²) in [6.07, 6.45) is 0.866. The van der Waals surface area contributed by atoms with Crippen molar-refractivity contribution in [2.75, 3.05) is 5.32 Å². The maximum atomic E-state index is 13.3. The summed E-state index contributed by atoms with van der Waals surface area (Å²) in [6.45, 7) is 4.07. The lowest BCUT2D eigenvalue weighted by Crippen LogP contribution is -2.31. The van der Waals surface area contributed by atoms with Crippen molar-refractivity contribution >= 4 is 23.8 Å². The quantitative estimate of drug-likeness (QED) is 0.583. The second-order valence-corrected chi connectivity index (χ2v) is 7.35. The van der Waals surface area contributed by atoms with Crippen molar-refractivity contribution in [2.24, 2.45) is 5.92 Å². The van der Waals surface area contributed by atoms with Gasteiger partial charge in [-0.15, -0.1) is 5.10 Å². The van der Waals surface area contributed by atoms with Gasteiger partial charge in [-0.2, -0.15) is 4.98 Å². The molecule has 154 valence electrons. The van der Waals surface area contributed by atoms with Crippen molar-refractivity contribution < 1.29 is 18.8 Å². The van der Waals surface area contributed by atoms with Crippen LogP contribution in [0.5, 0.6) is 0 Å². The molecular formula is C19H23FN6O3. The number of halogens is 1. The third-order valence-electron chi connectivity index (χ3n) is 4.38. The van der Waals surface area contributed by atoms with Gasteiger partial charge in [0.1, 0.15) is 17.7 Å². The lowest BCUT2D eigenvalue weighted by atomic mass is 10.1. The van der Waals surface area contributed by atoms with Crippen LogP contribution in [-0.4, -0.2) is 44.0 Å². The summed E-state index contributed by atoms with van der Waals surface area (Å²) in [4.78, 5) is 41.9. The number of urea groups is 1. The van der Waals surface area contributed by atoms with Crippen molar-refractivity contribution in [1.82, 2.24) is 25.4 Å². The lowest BCUT2D eigenvalue weighted by Gasteiger charge is -2.13. The molecule has 1 aromatic carbocycles. The highest BCUT2D eigenvalue weighted by atomic mass is 19.1. The van der Waals surface area contributed by atoms with Crippen LogP contribution >= 0.6 is 0 Å². The van der Waals surface area contributed by atoms with Crippen molar-refractivity contribution in [3.8, 4) is 0 Å². The Balaban J connectivity index is 1.50. The van der Waals surface area contributed by atoms with Crippen molar-refractivity contribution in [2.45, 2.75) is 45.7 Å². The number of carbonyl (C=O) groups is 3. The largest absolute Gasteiger partial charge is 0.326 e. The zero-order valence-electron chi connectivity index (χ0n) is 16.2. The SMILES string of the molecule is CC(C)Cc1nc(NC(=O)CCC2NC(=O)N(Cc3cccc(F)c3)C2=O)n[nH]1. The van der Waals surface area contributed by atoms with Crippen LogP contribution in [0, 0.1) is 11.7 Å². The summed E-state index contributed by atoms with van der Waals surface area (Å²) in [5.74, 6) is 0.0294. The number of aromatic nitrogens is 3. The number of rotatable bonds is 8. The molecule has 0 bridgehead atoms. The number of hydrogen-bond donors (Lipinski definition) is 3. The molecule has 1 aromatic heterocycles. The predicted molar refractivity (Wildman–Crippen MR) is 102 cm³/mol. The number of amides is 4. The summed E-state index contributed by atoms with van der Waals surface area (Å²) < 4.78 is 13.3. The Hall–Kier alpha value is -3.30. The van der Waals surface area contributed by atoms with Gasteiger partial charge in [-0.05, 0) is 30.0 Å². The highest BCUT2D eigenvalue weighted by Gasteiger charge is 2.37. The molecule has 9 nitrogen and oxygen atoms in total. The Labute approximate surface area is 167 Å². The van der Waals surface area contributed by atoms with E-state index in [1.54, 1.807) is 6.07 Å². The number of aromatic amines is 1. The molecule has 29 heavy (non-hydrogen) atoms. The Morgan fingerprint density at radius 3 is 2.86 bits per heavy atom. The first-order chi connectivity index (χ1) is 13.8. The van der Waals surface area contributed by atoms with Crippen LogP contribution in [0.2, 0.25) is 0 Å². The highest BCUT2D eigenvalue weighted by molar-refractivity contribution is 6.04. The highest BCUT2D eigenvalue weighted by Crippen LogP contribution is 2.16. The van der Waals surface area contributed by atoms with E-state index in [-0.39, 0.29) is 31.2 Å². The standard InChI is InChI=1S/C19H23FN6O3/c1-11(2)8-15-22-18(25-24-15)23-16(27)7-6-14-17(28)26(19(29)21-14)10-12-4-3-5-13(20)9-12/h3-5,9,11,14H,6-8,10H2,1-2H3,(H,21,29)(H2,22,23,24,25,27). The first kappa shape index (κ1) is 20.4. The Bertz CT molecular complexity index is 913. The fraction of sp³-hybridized carbons (Fsp3) is 0.421. The number of hydrogen-bond acceptors (Lipinski definition) is 5. The van der Waals surface area contributed by atoms with Crippen molar-refractivity contribution in [3.63, 3.8) is 0 Å². The Morgan fingerprint density at radius 1 is 1.34 bits per heavy atom. The maximum absolute atomic E-state index is 13.3. The van der Waals surface area contributed by atoms with Crippen LogP contribution in [0.25, 0.3) is 0 Å². The molecule has 0 saturated carbocycles. The van der Waals surface area contributed by atoms with E-state index >= 15 is 0 Å². The summed E-state index contributed by atoms with van der Waals surface area (Å²) >= 11 is 0. The van der Waals surface area contributed by atoms with E-state index in [2.05, 4.69) is 25.8 Å². The third-order valence-corrected chi connectivity index (χ3v) is 4.38. The van der Waals surface area contributed by atoms with E-state index in [1.807, 2.05) is 13.8 Å². The summed E-state index contributed by atoms with van der Waals surface area (Å²) in [6, 6.07) is 4.35. The molecule has 1 fully saturated rings. The predicted octanol–water partition coefficient (Wildman–Crippen LogP) is 1.98. The molecule has 4 amide bonds. The summed E-state index contributed by atoms with van der Waals surface area (Å²) in [5.41, 5.74) is 0.508. The molecule has 1 aliphatic heterocycles. The molecule has 1 aliphatic rings. The molecule has 3 N–H and O–H groups in total. The number of nitrogens with zero attached hydrogens (tertiary/aromatic N) is 3.